The zero-order valence-electron chi connectivity index (χ0n) is 14.3. The number of benzene rings is 2. The molecule has 0 saturated heterocycles. The van der Waals surface area contributed by atoms with Gasteiger partial charge in [-0.3, -0.25) is 14.9 Å². The van der Waals surface area contributed by atoms with Crippen LogP contribution in [0.1, 0.15) is 26.3 Å². The van der Waals surface area contributed by atoms with E-state index in [-0.39, 0.29) is 11.8 Å². The van der Waals surface area contributed by atoms with Gasteiger partial charge in [0.05, 0.1) is 8.66 Å². The van der Waals surface area contributed by atoms with Crippen LogP contribution in [-0.2, 0) is 0 Å². The molecule has 0 aliphatic carbocycles. The standard InChI is InChI=1S/C20H12BrN3O3S/c21-16-11-10-15(28-16)19-23-24-20(27-19)22-18(26)14-8-6-13(7-9-14)17(25)12-4-2-1-3-5-12/h1-11H,(H,22,24,26). The highest BCUT2D eigenvalue weighted by atomic mass is 79.9. The number of carbonyl (C=O) groups excluding carboxylic acids is 2. The first-order valence-corrected chi connectivity index (χ1v) is 9.81. The molecular weight excluding hydrogens is 442 g/mol. The Hall–Kier alpha value is -3.10. The Bertz CT molecular complexity index is 1140. The third-order valence-corrected chi connectivity index (χ3v) is 5.49. The van der Waals surface area contributed by atoms with E-state index in [0.717, 1.165) is 8.66 Å². The molecule has 2 aromatic heterocycles. The van der Waals surface area contributed by atoms with Crippen LogP contribution in [0.4, 0.5) is 6.01 Å². The summed E-state index contributed by atoms with van der Waals surface area (Å²) in [5, 5.41) is 10.3. The summed E-state index contributed by atoms with van der Waals surface area (Å²) in [7, 11) is 0. The average molecular weight is 454 g/mol. The van der Waals surface area contributed by atoms with Gasteiger partial charge in [-0.25, -0.2) is 0 Å². The Morgan fingerprint density at radius 3 is 2.21 bits per heavy atom. The van der Waals surface area contributed by atoms with Crippen molar-refractivity contribution in [3.8, 4) is 10.8 Å². The Kier molecular flexibility index (Phi) is 5.14. The number of hydrogen-bond acceptors (Lipinski definition) is 6. The largest absolute Gasteiger partial charge is 0.402 e. The highest BCUT2D eigenvalue weighted by Crippen LogP contribution is 2.31. The van der Waals surface area contributed by atoms with E-state index >= 15 is 0 Å². The molecule has 0 radical (unpaired) electrons. The monoisotopic (exact) mass is 453 g/mol. The van der Waals surface area contributed by atoms with Gasteiger partial charge in [-0.05, 0) is 40.2 Å². The maximum Gasteiger partial charge on any atom is 0.322 e. The predicted molar refractivity (Wildman–Crippen MR) is 110 cm³/mol. The number of hydrogen-bond donors (Lipinski definition) is 1. The van der Waals surface area contributed by atoms with Crippen LogP contribution in [0.2, 0.25) is 0 Å². The van der Waals surface area contributed by atoms with Crippen LogP contribution in [0.25, 0.3) is 10.8 Å². The lowest BCUT2D eigenvalue weighted by Gasteiger charge is -2.03. The fraction of sp³-hybridized carbons (Fsp3) is 0. The second-order valence-corrected chi connectivity index (χ2v) is 8.21. The molecule has 0 saturated carbocycles. The summed E-state index contributed by atoms with van der Waals surface area (Å²) in [6.45, 7) is 0. The highest BCUT2D eigenvalue weighted by molar-refractivity contribution is 9.11. The first kappa shape index (κ1) is 18.3. The number of thiophene rings is 1. The topological polar surface area (TPSA) is 85.1 Å². The summed E-state index contributed by atoms with van der Waals surface area (Å²) in [4.78, 5) is 25.6. The molecule has 4 rings (SSSR count). The molecule has 0 fully saturated rings. The van der Waals surface area contributed by atoms with Crippen LogP contribution in [0.15, 0.2) is 74.9 Å². The van der Waals surface area contributed by atoms with Gasteiger partial charge in [0.15, 0.2) is 5.78 Å². The minimum Gasteiger partial charge on any atom is -0.402 e. The Morgan fingerprint density at radius 2 is 1.54 bits per heavy atom. The van der Waals surface area contributed by atoms with Crippen molar-refractivity contribution in [1.82, 2.24) is 10.2 Å². The third kappa shape index (κ3) is 3.92. The van der Waals surface area contributed by atoms with Gasteiger partial charge >= 0.3 is 6.01 Å². The number of ketones is 1. The highest BCUT2D eigenvalue weighted by Gasteiger charge is 2.15. The zero-order chi connectivity index (χ0) is 19.5. The molecule has 2 heterocycles. The molecule has 0 aliphatic heterocycles. The SMILES string of the molecule is O=C(Nc1nnc(-c2ccc(Br)s2)o1)c1ccc(C(=O)c2ccccc2)cc1. The normalized spacial score (nSPS) is 10.6. The van der Waals surface area contributed by atoms with Crippen molar-refractivity contribution in [3.05, 3.63) is 87.2 Å². The van der Waals surface area contributed by atoms with Crippen LogP contribution in [-0.4, -0.2) is 21.9 Å². The van der Waals surface area contributed by atoms with E-state index in [1.807, 2.05) is 30.3 Å². The van der Waals surface area contributed by atoms with Crippen LogP contribution < -0.4 is 5.32 Å². The second-order valence-electron chi connectivity index (χ2n) is 5.74. The molecule has 1 N–H and O–H groups in total. The lowest BCUT2D eigenvalue weighted by Crippen LogP contribution is -2.12. The summed E-state index contributed by atoms with van der Waals surface area (Å²) in [6.07, 6.45) is 0. The zero-order valence-corrected chi connectivity index (χ0v) is 16.7. The molecule has 1 amide bonds. The predicted octanol–water partition coefficient (Wildman–Crippen LogP) is 5.04. The third-order valence-electron chi connectivity index (χ3n) is 3.87. The smallest absolute Gasteiger partial charge is 0.322 e. The van der Waals surface area contributed by atoms with Gasteiger partial charge in [-0.1, -0.05) is 47.6 Å². The van der Waals surface area contributed by atoms with E-state index in [2.05, 4.69) is 31.4 Å². The minimum absolute atomic E-state index is 0.00830. The van der Waals surface area contributed by atoms with E-state index in [0.29, 0.717) is 22.6 Å². The second kappa shape index (κ2) is 7.87. The first-order valence-electron chi connectivity index (χ1n) is 8.20. The van der Waals surface area contributed by atoms with Crippen molar-refractivity contribution in [2.75, 3.05) is 5.32 Å². The van der Waals surface area contributed by atoms with Crippen LogP contribution in [0.3, 0.4) is 0 Å². The van der Waals surface area contributed by atoms with Gasteiger partial charge < -0.3 is 4.42 Å². The van der Waals surface area contributed by atoms with Crippen molar-refractivity contribution < 1.29 is 14.0 Å². The fourth-order valence-electron chi connectivity index (χ4n) is 2.50. The molecule has 0 aliphatic rings. The van der Waals surface area contributed by atoms with Gasteiger partial charge in [0.25, 0.3) is 11.8 Å². The van der Waals surface area contributed by atoms with Crippen molar-refractivity contribution in [1.29, 1.82) is 0 Å². The van der Waals surface area contributed by atoms with Gasteiger partial charge in [-0.15, -0.1) is 16.4 Å². The Labute approximate surface area is 172 Å². The summed E-state index contributed by atoms with van der Waals surface area (Å²) in [5.41, 5.74) is 1.48. The number of aromatic nitrogens is 2. The molecule has 2 aromatic carbocycles. The molecule has 6 nitrogen and oxygen atoms in total. The number of amides is 1. The summed E-state index contributed by atoms with van der Waals surface area (Å²) < 4.78 is 6.42. The lowest BCUT2D eigenvalue weighted by molar-refractivity contribution is 0.101. The van der Waals surface area contributed by atoms with Gasteiger partial charge in [-0.2, -0.15) is 0 Å². The number of anilines is 1. The summed E-state index contributed by atoms with van der Waals surface area (Å²) in [6, 6.07) is 19.1. The van der Waals surface area contributed by atoms with Crippen molar-refractivity contribution >= 4 is 45.0 Å². The Balaban J connectivity index is 1.45. The molecule has 0 bridgehead atoms. The number of halogens is 1. The van der Waals surface area contributed by atoms with E-state index in [1.54, 1.807) is 36.4 Å². The van der Waals surface area contributed by atoms with Gasteiger partial charge in [0.1, 0.15) is 0 Å². The van der Waals surface area contributed by atoms with E-state index in [4.69, 9.17) is 4.42 Å². The summed E-state index contributed by atoms with van der Waals surface area (Å²) >= 11 is 4.82. The van der Waals surface area contributed by atoms with Crippen molar-refractivity contribution in [3.63, 3.8) is 0 Å². The molecule has 0 spiro atoms. The number of rotatable bonds is 5. The van der Waals surface area contributed by atoms with E-state index in [1.165, 1.54) is 11.3 Å². The maximum absolute atomic E-state index is 12.4. The van der Waals surface area contributed by atoms with Crippen LogP contribution in [0, 0.1) is 0 Å². The molecule has 0 unspecified atom stereocenters. The molecule has 28 heavy (non-hydrogen) atoms. The number of carbonyl (C=O) groups is 2. The van der Waals surface area contributed by atoms with Crippen molar-refractivity contribution in [2.45, 2.75) is 0 Å². The molecule has 8 heteroatoms. The lowest BCUT2D eigenvalue weighted by atomic mass is 10.0. The maximum atomic E-state index is 12.4. The number of nitrogens with zero attached hydrogens (tertiary/aromatic N) is 2. The van der Waals surface area contributed by atoms with E-state index in [9.17, 15) is 9.59 Å². The fourth-order valence-corrected chi connectivity index (χ4v) is 3.81. The quantitative estimate of drug-likeness (QED) is 0.427. The van der Waals surface area contributed by atoms with E-state index < -0.39 is 5.91 Å². The first-order chi connectivity index (χ1) is 13.6. The Morgan fingerprint density at radius 1 is 0.857 bits per heavy atom. The molecular formula is C20H12BrN3O3S. The summed E-state index contributed by atoms with van der Waals surface area (Å²) in [5.74, 6) is -0.174. The van der Waals surface area contributed by atoms with Crippen molar-refractivity contribution in [2.24, 2.45) is 0 Å². The van der Waals surface area contributed by atoms with Gasteiger partial charge in [0.2, 0.25) is 0 Å². The molecule has 4 aromatic rings. The minimum atomic E-state index is -0.402. The molecule has 138 valence electrons. The average Bonchev–Trinajstić information content (AvgIpc) is 3.37. The van der Waals surface area contributed by atoms with Crippen LogP contribution in [0.5, 0.6) is 0 Å². The number of nitrogens with one attached hydrogen (secondary N) is 1. The molecule has 0 atom stereocenters. The van der Waals surface area contributed by atoms with Crippen LogP contribution >= 0.6 is 27.3 Å². The van der Waals surface area contributed by atoms with Gasteiger partial charge in [0, 0.05) is 16.7 Å².